The topological polar surface area (TPSA) is 35.5 Å². The maximum Gasteiger partial charge on any atom is 0.152 e. The molecule has 0 radical (unpaired) electrons. The summed E-state index contributed by atoms with van der Waals surface area (Å²) in [4.78, 5) is 20.8. The van der Waals surface area contributed by atoms with Crippen LogP contribution >= 0.6 is 0 Å². The molecule has 2 bridgehead atoms. The molecule has 3 heteroatoms. The molecule has 2 fully saturated rings. The summed E-state index contributed by atoms with van der Waals surface area (Å²) >= 11 is 0. The van der Waals surface area contributed by atoms with Crippen molar-refractivity contribution in [1.29, 1.82) is 0 Å². The zero-order chi connectivity index (χ0) is 11.0. The lowest BCUT2D eigenvalue weighted by Gasteiger charge is -2.30. The van der Waals surface area contributed by atoms with E-state index in [0.29, 0.717) is 12.5 Å². The number of hydrogen-bond acceptors (Lipinski definition) is 3. The molecule has 2 aliphatic carbocycles. The predicted molar refractivity (Wildman–Crippen MR) is 58.5 cm³/mol. The van der Waals surface area contributed by atoms with E-state index in [4.69, 9.17) is 9.78 Å². The van der Waals surface area contributed by atoms with Gasteiger partial charge in [0, 0.05) is 0 Å². The van der Waals surface area contributed by atoms with Crippen LogP contribution in [-0.4, -0.2) is 19.0 Å². The van der Waals surface area contributed by atoms with E-state index in [1.165, 1.54) is 12.8 Å². The Morgan fingerprint density at radius 2 is 2.19 bits per heavy atom. The Morgan fingerprint density at radius 1 is 1.25 bits per heavy atom. The van der Waals surface area contributed by atoms with E-state index in [1.54, 1.807) is 0 Å². The SMILES string of the molecule is O=CC1OOCCC1CC1CC2C=CC1C2. The second-order valence-electron chi connectivity index (χ2n) is 5.34. The van der Waals surface area contributed by atoms with Gasteiger partial charge >= 0.3 is 0 Å². The Kier molecular flexibility index (Phi) is 2.82. The van der Waals surface area contributed by atoms with Gasteiger partial charge in [-0.15, -0.1) is 0 Å². The maximum absolute atomic E-state index is 10.9. The van der Waals surface area contributed by atoms with Gasteiger partial charge in [-0.3, -0.25) is 0 Å². The quantitative estimate of drug-likeness (QED) is 0.417. The number of hydrogen-bond donors (Lipinski definition) is 0. The average Bonchev–Trinajstić information content (AvgIpc) is 2.92. The zero-order valence-electron chi connectivity index (χ0n) is 9.38. The van der Waals surface area contributed by atoms with Crippen molar-refractivity contribution in [1.82, 2.24) is 0 Å². The lowest BCUT2D eigenvalue weighted by atomic mass is 9.81. The molecule has 3 aliphatic rings. The van der Waals surface area contributed by atoms with Crippen LogP contribution in [0.25, 0.3) is 0 Å². The molecule has 0 aromatic heterocycles. The van der Waals surface area contributed by atoms with Gasteiger partial charge in [0.15, 0.2) is 12.4 Å². The molecule has 0 N–H and O–H groups in total. The fourth-order valence-electron chi connectivity index (χ4n) is 3.51. The van der Waals surface area contributed by atoms with Crippen LogP contribution in [0, 0.1) is 23.7 Å². The summed E-state index contributed by atoms with van der Waals surface area (Å²) in [5, 5.41) is 0. The fourth-order valence-corrected chi connectivity index (χ4v) is 3.51. The van der Waals surface area contributed by atoms with Crippen molar-refractivity contribution >= 4 is 6.29 Å². The normalized spacial score (nSPS) is 46.1. The molecule has 3 nitrogen and oxygen atoms in total. The van der Waals surface area contributed by atoms with E-state index < -0.39 is 0 Å². The summed E-state index contributed by atoms with van der Waals surface area (Å²) in [6.45, 7) is 0.631. The minimum Gasteiger partial charge on any atom is -0.300 e. The second kappa shape index (κ2) is 4.30. The van der Waals surface area contributed by atoms with Gasteiger partial charge in [-0.1, -0.05) is 12.2 Å². The van der Waals surface area contributed by atoms with E-state index >= 15 is 0 Å². The van der Waals surface area contributed by atoms with Crippen LogP contribution < -0.4 is 0 Å². The third-order valence-electron chi connectivity index (χ3n) is 4.37. The third kappa shape index (κ3) is 1.82. The van der Waals surface area contributed by atoms with Crippen LogP contribution in [0.5, 0.6) is 0 Å². The Morgan fingerprint density at radius 3 is 2.88 bits per heavy atom. The first kappa shape index (κ1) is 10.5. The molecule has 5 atom stereocenters. The van der Waals surface area contributed by atoms with Crippen molar-refractivity contribution in [2.75, 3.05) is 6.61 Å². The first-order valence-corrected chi connectivity index (χ1v) is 6.28. The molecule has 88 valence electrons. The smallest absolute Gasteiger partial charge is 0.152 e. The van der Waals surface area contributed by atoms with Gasteiger partial charge in [0.2, 0.25) is 0 Å². The van der Waals surface area contributed by atoms with Crippen molar-refractivity contribution < 1.29 is 14.6 Å². The highest BCUT2D eigenvalue weighted by Crippen LogP contribution is 2.46. The largest absolute Gasteiger partial charge is 0.300 e. The van der Waals surface area contributed by atoms with Gasteiger partial charge in [0.1, 0.15) is 0 Å². The summed E-state index contributed by atoms with van der Waals surface area (Å²) in [7, 11) is 0. The molecule has 0 aromatic rings. The van der Waals surface area contributed by atoms with Crippen molar-refractivity contribution in [2.24, 2.45) is 23.7 Å². The number of rotatable bonds is 3. The number of fused-ring (bicyclic) bond motifs is 2. The standard InChI is InChI=1S/C13H18O3/c14-8-13-11(3-4-15-16-13)7-12-6-9-1-2-10(12)5-9/h1-2,8-13H,3-7H2. The monoisotopic (exact) mass is 222 g/mol. The van der Waals surface area contributed by atoms with E-state index in [0.717, 1.165) is 36.9 Å². The minimum absolute atomic E-state index is 0.336. The first-order valence-electron chi connectivity index (χ1n) is 6.28. The van der Waals surface area contributed by atoms with Crippen molar-refractivity contribution in [3.8, 4) is 0 Å². The Balaban J connectivity index is 1.61. The summed E-state index contributed by atoms with van der Waals surface area (Å²) < 4.78 is 0. The fraction of sp³-hybridized carbons (Fsp3) is 0.769. The van der Waals surface area contributed by atoms with Gasteiger partial charge in [-0.05, 0) is 49.4 Å². The molecule has 1 aliphatic heterocycles. The summed E-state index contributed by atoms with van der Waals surface area (Å²) in [6.07, 6.45) is 10.0. The van der Waals surface area contributed by atoms with E-state index in [2.05, 4.69) is 12.2 Å². The van der Waals surface area contributed by atoms with Crippen molar-refractivity contribution in [3.63, 3.8) is 0 Å². The zero-order valence-corrected chi connectivity index (χ0v) is 9.38. The third-order valence-corrected chi connectivity index (χ3v) is 4.37. The highest BCUT2D eigenvalue weighted by molar-refractivity contribution is 5.56. The van der Waals surface area contributed by atoms with E-state index in [1.807, 2.05) is 0 Å². The number of aldehydes is 1. The van der Waals surface area contributed by atoms with Crippen LogP contribution in [0.3, 0.4) is 0 Å². The molecule has 1 heterocycles. The number of carbonyl (C=O) groups is 1. The molecule has 5 unspecified atom stereocenters. The lowest BCUT2D eigenvalue weighted by Crippen LogP contribution is -2.33. The second-order valence-corrected chi connectivity index (χ2v) is 5.34. The predicted octanol–water partition coefficient (Wildman–Crippen LogP) is 2.12. The molecule has 1 saturated heterocycles. The minimum atomic E-state index is -0.336. The average molecular weight is 222 g/mol. The summed E-state index contributed by atoms with van der Waals surface area (Å²) in [5.74, 6) is 2.71. The van der Waals surface area contributed by atoms with Gasteiger partial charge in [-0.2, -0.15) is 0 Å². The molecule has 16 heavy (non-hydrogen) atoms. The molecule has 0 spiro atoms. The first-order chi connectivity index (χ1) is 7.86. The highest BCUT2D eigenvalue weighted by Gasteiger charge is 2.39. The van der Waals surface area contributed by atoms with Crippen LogP contribution in [0.15, 0.2) is 12.2 Å². The van der Waals surface area contributed by atoms with Gasteiger partial charge in [0.05, 0.1) is 6.61 Å². The Hall–Kier alpha value is -0.670. The Labute approximate surface area is 95.7 Å². The number of carbonyl (C=O) groups excluding carboxylic acids is 1. The maximum atomic E-state index is 10.9. The highest BCUT2D eigenvalue weighted by atomic mass is 17.2. The van der Waals surface area contributed by atoms with Gasteiger partial charge in [-0.25, -0.2) is 9.78 Å². The van der Waals surface area contributed by atoms with Gasteiger partial charge < -0.3 is 4.79 Å². The molecule has 0 aromatic carbocycles. The number of allylic oxidation sites excluding steroid dienone is 2. The summed E-state index contributed by atoms with van der Waals surface area (Å²) in [5.41, 5.74) is 0. The molecule has 0 amide bonds. The summed E-state index contributed by atoms with van der Waals surface area (Å²) in [6, 6.07) is 0. The van der Waals surface area contributed by atoms with Crippen molar-refractivity contribution in [3.05, 3.63) is 12.2 Å². The molecule has 3 rings (SSSR count). The van der Waals surface area contributed by atoms with E-state index in [9.17, 15) is 4.79 Å². The van der Waals surface area contributed by atoms with Crippen LogP contribution in [-0.2, 0) is 14.6 Å². The van der Waals surface area contributed by atoms with E-state index in [-0.39, 0.29) is 6.10 Å². The van der Waals surface area contributed by atoms with Gasteiger partial charge in [0.25, 0.3) is 0 Å². The molecular weight excluding hydrogens is 204 g/mol. The van der Waals surface area contributed by atoms with Crippen LogP contribution in [0.2, 0.25) is 0 Å². The van der Waals surface area contributed by atoms with Crippen LogP contribution in [0.1, 0.15) is 25.7 Å². The molecular formula is C13H18O3. The lowest BCUT2D eigenvalue weighted by molar-refractivity contribution is -0.346. The van der Waals surface area contributed by atoms with Crippen LogP contribution in [0.4, 0.5) is 0 Å². The molecule has 1 saturated carbocycles. The van der Waals surface area contributed by atoms with Crippen molar-refractivity contribution in [2.45, 2.75) is 31.8 Å². The Bertz CT molecular complexity index is 300.